The summed E-state index contributed by atoms with van der Waals surface area (Å²) in [6.45, 7) is 0.309. The molecule has 32 heavy (non-hydrogen) atoms. The highest BCUT2D eigenvalue weighted by molar-refractivity contribution is 6.07. The second kappa shape index (κ2) is 10.6. The van der Waals surface area contributed by atoms with Crippen molar-refractivity contribution in [2.24, 2.45) is 0 Å². The molecule has 0 radical (unpaired) electrons. The number of ketones is 1. The molecule has 1 N–H and O–H groups in total. The molecule has 0 fully saturated rings. The molecular weight excluding hydrogens is 404 g/mol. The van der Waals surface area contributed by atoms with Crippen molar-refractivity contribution in [3.05, 3.63) is 101 Å². The van der Waals surface area contributed by atoms with Crippen molar-refractivity contribution >= 4 is 17.8 Å². The van der Waals surface area contributed by atoms with Crippen LogP contribution < -0.4 is 14.8 Å². The van der Waals surface area contributed by atoms with Crippen LogP contribution in [0.2, 0.25) is 0 Å². The molecular formula is C26H22N2O4. The number of allylic oxidation sites excluding steroid dienone is 1. The maximum Gasteiger partial charge on any atom is 0.251 e. The van der Waals surface area contributed by atoms with Gasteiger partial charge in [-0.2, -0.15) is 5.26 Å². The van der Waals surface area contributed by atoms with E-state index < -0.39 is 0 Å². The van der Waals surface area contributed by atoms with Crippen LogP contribution in [0, 0.1) is 11.3 Å². The van der Waals surface area contributed by atoms with Gasteiger partial charge in [-0.3, -0.25) is 9.59 Å². The van der Waals surface area contributed by atoms with Gasteiger partial charge >= 0.3 is 0 Å². The highest BCUT2D eigenvalue weighted by atomic mass is 16.5. The molecule has 0 aliphatic carbocycles. The maximum atomic E-state index is 12.5. The summed E-state index contributed by atoms with van der Waals surface area (Å²) in [5.41, 5.74) is 3.00. The zero-order valence-corrected chi connectivity index (χ0v) is 17.8. The van der Waals surface area contributed by atoms with Gasteiger partial charge in [-0.25, -0.2) is 0 Å². The Labute approximate surface area is 186 Å². The summed E-state index contributed by atoms with van der Waals surface area (Å²) < 4.78 is 10.5. The van der Waals surface area contributed by atoms with Crippen LogP contribution >= 0.6 is 0 Å². The molecule has 160 valence electrons. The van der Waals surface area contributed by atoms with Crippen molar-refractivity contribution in [2.75, 3.05) is 14.2 Å². The fourth-order valence-electron chi connectivity index (χ4n) is 3.03. The highest BCUT2D eigenvalue weighted by Crippen LogP contribution is 2.24. The number of nitrogens with zero attached hydrogens (tertiary/aromatic N) is 1. The summed E-state index contributed by atoms with van der Waals surface area (Å²) >= 11 is 0. The number of carbonyl (C=O) groups excluding carboxylic acids is 2. The number of hydrogen-bond donors (Lipinski definition) is 1. The Balaban J connectivity index is 1.61. The minimum atomic E-state index is -0.220. The number of hydrogen-bond acceptors (Lipinski definition) is 5. The SMILES string of the molecule is COc1ccc(CNC(=O)c2ccc(/C=C/C(=O)c3cccc(C#N)c3)cc2)c(OC)c1. The Morgan fingerprint density at radius 1 is 0.969 bits per heavy atom. The smallest absolute Gasteiger partial charge is 0.251 e. The molecule has 0 aliphatic rings. The van der Waals surface area contributed by atoms with Crippen molar-refractivity contribution in [2.45, 2.75) is 6.54 Å². The van der Waals surface area contributed by atoms with Crippen molar-refractivity contribution in [1.82, 2.24) is 5.32 Å². The van der Waals surface area contributed by atoms with E-state index in [2.05, 4.69) is 5.32 Å². The highest BCUT2D eigenvalue weighted by Gasteiger charge is 2.09. The normalized spacial score (nSPS) is 10.4. The van der Waals surface area contributed by atoms with E-state index in [0.717, 1.165) is 11.1 Å². The van der Waals surface area contributed by atoms with Gasteiger partial charge in [0.25, 0.3) is 5.91 Å². The second-order valence-corrected chi connectivity index (χ2v) is 6.87. The number of carbonyl (C=O) groups is 2. The molecule has 0 spiro atoms. The predicted octanol–water partition coefficient (Wildman–Crippen LogP) is 4.40. The van der Waals surface area contributed by atoms with Crippen molar-refractivity contribution in [3.63, 3.8) is 0 Å². The van der Waals surface area contributed by atoms with E-state index >= 15 is 0 Å². The van der Waals surface area contributed by atoms with Gasteiger partial charge in [0.1, 0.15) is 11.5 Å². The Hall–Kier alpha value is -4.37. The number of amides is 1. The van der Waals surface area contributed by atoms with Crippen LogP contribution in [0.15, 0.2) is 72.8 Å². The van der Waals surface area contributed by atoms with E-state index in [1.807, 2.05) is 18.2 Å². The van der Waals surface area contributed by atoms with Crippen LogP contribution in [0.1, 0.15) is 37.4 Å². The second-order valence-electron chi connectivity index (χ2n) is 6.87. The van der Waals surface area contributed by atoms with Gasteiger partial charge in [0, 0.05) is 29.3 Å². The number of nitriles is 1. The van der Waals surface area contributed by atoms with Crippen LogP contribution in [0.4, 0.5) is 0 Å². The summed E-state index contributed by atoms with van der Waals surface area (Å²) in [6.07, 6.45) is 3.12. The summed E-state index contributed by atoms with van der Waals surface area (Å²) in [6, 6.07) is 20.9. The van der Waals surface area contributed by atoms with Gasteiger partial charge < -0.3 is 14.8 Å². The molecule has 0 atom stereocenters. The molecule has 3 aromatic rings. The molecule has 0 saturated carbocycles. The number of rotatable bonds is 8. The fourth-order valence-corrected chi connectivity index (χ4v) is 3.03. The summed E-state index contributed by atoms with van der Waals surface area (Å²) in [4.78, 5) is 24.8. The molecule has 0 bridgehead atoms. The first-order valence-corrected chi connectivity index (χ1v) is 9.86. The first-order valence-electron chi connectivity index (χ1n) is 9.86. The number of benzene rings is 3. The Morgan fingerprint density at radius 2 is 1.75 bits per heavy atom. The monoisotopic (exact) mass is 426 g/mol. The van der Waals surface area contributed by atoms with Crippen LogP contribution in [0.25, 0.3) is 6.08 Å². The largest absolute Gasteiger partial charge is 0.497 e. The molecule has 0 aliphatic heterocycles. The maximum absolute atomic E-state index is 12.5. The third kappa shape index (κ3) is 5.61. The zero-order valence-electron chi connectivity index (χ0n) is 17.8. The van der Waals surface area contributed by atoms with Gasteiger partial charge in [0.15, 0.2) is 5.78 Å². The topological polar surface area (TPSA) is 88.4 Å². The number of nitrogens with one attached hydrogen (secondary N) is 1. The van der Waals surface area contributed by atoms with Gasteiger partial charge in [0.05, 0.1) is 25.9 Å². The first-order chi connectivity index (χ1) is 15.5. The third-order valence-electron chi connectivity index (χ3n) is 4.81. The minimum absolute atomic E-state index is 0.197. The van der Waals surface area contributed by atoms with Crippen molar-refractivity contribution < 1.29 is 19.1 Å². The fraction of sp³-hybridized carbons (Fsp3) is 0.115. The van der Waals surface area contributed by atoms with Gasteiger partial charge in [-0.1, -0.05) is 30.3 Å². The molecule has 6 nitrogen and oxygen atoms in total. The van der Waals surface area contributed by atoms with E-state index in [0.29, 0.717) is 34.7 Å². The molecule has 3 aromatic carbocycles. The summed E-state index contributed by atoms with van der Waals surface area (Å²) in [5.74, 6) is 0.895. The minimum Gasteiger partial charge on any atom is -0.497 e. The lowest BCUT2D eigenvalue weighted by Crippen LogP contribution is -2.23. The van der Waals surface area contributed by atoms with Crippen LogP contribution in [-0.4, -0.2) is 25.9 Å². The van der Waals surface area contributed by atoms with E-state index in [1.165, 1.54) is 6.08 Å². The van der Waals surface area contributed by atoms with Crippen molar-refractivity contribution in [3.8, 4) is 17.6 Å². The van der Waals surface area contributed by atoms with E-state index in [4.69, 9.17) is 14.7 Å². The molecule has 0 heterocycles. The molecule has 0 saturated heterocycles. The van der Waals surface area contributed by atoms with Gasteiger partial charge in [-0.05, 0) is 48.0 Å². The molecule has 1 amide bonds. The quantitative estimate of drug-likeness (QED) is 0.426. The number of ether oxygens (including phenoxy) is 2. The number of methoxy groups -OCH3 is 2. The predicted molar refractivity (Wildman–Crippen MR) is 122 cm³/mol. The molecule has 0 unspecified atom stereocenters. The average molecular weight is 426 g/mol. The molecule has 6 heteroatoms. The lowest BCUT2D eigenvalue weighted by Gasteiger charge is -2.11. The van der Waals surface area contributed by atoms with E-state index in [-0.39, 0.29) is 11.7 Å². The Kier molecular flexibility index (Phi) is 7.39. The van der Waals surface area contributed by atoms with Crippen LogP contribution in [0.5, 0.6) is 11.5 Å². The van der Waals surface area contributed by atoms with Crippen LogP contribution in [-0.2, 0) is 6.54 Å². The Morgan fingerprint density at radius 3 is 2.44 bits per heavy atom. The van der Waals surface area contributed by atoms with Gasteiger partial charge in [-0.15, -0.1) is 0 Å². The zero-order chi connectivity index (χ0) is 22.9. The summed E-state index contributed by atoms with van der Waals surface area (Å²) in [5, 5.41) is 11.8. The Bertz CT molecular complexity index is 1190. The molecule has 3 rings (SSSR count). The lowest BCUT2D eigenvalue weighted by molar-refractivity contribution is 0.0950. The van der Waals surface area contributed by atoms with Crippen molar-refractivity contribution in [1.29, 1.82) is 5.26 Å². The standard InChI is InChI=1S/C26H22N2O4/c1-31-23-12-11-22(25(15-23)32-2)17-28-26(30)20-9-6-18(7-10-20)8-13-24(29)21-5-3-4-19(14-21)16-27/h3-15H,17H2,1-2H3,(H,28,30)/b13-8+. The lowest BCUT2D eigenvalue weighted by atomic mass is 10.1. The van der Waals surface area contributed by atoms with E-state index in [1.54, 1.807) is 74.9 Å². The van der Waals surface area contributed by atoms with Crippen LogP contribution in [0.3, 0.4) is 0 Å². The molecule has 0 aromatic heterocycles. The van der Waals surface area contributed by atoms with Gasteiger partial charge in [0.2, 0.25) is 0 Å². The average Bonchev–Trinajstić information content (AvgIpc) is 2.85. The summed E-state index contributed by atoms with van der Waals surface area (Å²) in [7, 11) is 3.15. The third-order valence-corrected chi connectivity index (χ3v) is 4.81. The first kappa shape index (κ1) is 22.3. The van der Waals surface area contributed by atoms with E-state index in [9.17, 15) is 9.59 Å².